The molecule has 17 heteroatoms. The third-order valence-electron chi connectivity index (χ3n) is 15.2. The van der Waals surface area contributed by atoms with Gasteiger partial charge < -0.3 is 35.1 Å². The van der Waals surface area contributed by atoms with Crippen molar-refractivity contribution in [2.75, 3.05) is 14.1 Å². The molecule has 0 heterocycles. The van der Waals surface area contributed by atoms with Crippen molar-refractivity contribution in [3.63, 3.8) is 0 Å². The molecule has 0 atom stereocenters. The van der Waals surface area contributed by atoms with Crippen molar-refractivity contribution >= 4 is 78.4 Å². The van der Waals surface area contributed by atoms with Gasteiger partial charge in [-0.3, -0.25) is 0 Å². The zero-order valence-corrected chi connectivity index (χ0v) is 56.8. The number of alkyl carbamates (subject to hydrolysis) is 1. The van der Waals surface area contributed by atoms with Gasteiger partial charge in [0.1, 0.15) is 16.8 Å². The van der Waals surface area contributed by atoms with Gasteiger partial charge in [-0.2, -0.15) is 19.2 Å². The highest BCUT2D eigenvalue weighted by Crippen LogP contribution is 2.53. The minimum absolute atomic E-state index is 0.00375. The smallest absolute Gasteiger partial charge is 0.410 e. The number of ether oxygens (including phenoxy) is 3. The maximum atomic E-state index is 12.2. The van der Waals surface area contributed by atoms with Crippen LogP contribution >= 0.6 is 47.8 Å². The van der Waals surface area contributed by atoms with Gasteiger partial charge in [-0.15, -0.1) is 0 Å². The largest absolute Gasteiger partial charge is 0.444 e. The molecular weight excluding hydrogens is 1270 g/mol. The van der Waals surface area contributed by atoms with E-state index >= 15 is 0 Å². The van der Waals surface area contributed by atoms with Crippen LogP contribution in [0.25, 0.3) is 0 Å². The second kappa shape index (κ2) is 30.1. The zero-order chi connectivity index (χ0) is 63.8. The quantitative estimate of drug-likeness (QED) is 0.133. The predicted octanol–water partition coefficient (Wildman–Crippen LogP) is 16.8. The molecule has 14 nitrogen and oxygen atoms in total. The molecule has 0 aromatic heterocycles. The first-order valence-corrected chi connectivity index (χ1v) is 31.1. The van der Waals surface area contributed by atoms with Crippen molar-refractivity contribution < 1.29 is 47.8 Å². The number of nitrogens with one attached hydrogen (secondary N) is 1. The summed E-state index contributed by atoms with van der Waals surface area (Å²) in [5.74, 6) is 0. The lowest BCUT2D eigenvalue weighted by Gasteiger charge is -2.31. The van der Waals surface area contributed by atoms with Gasteiger partial charge in [-0.1, -0.05) is 151 Å². The van der Waals surface area contributed by atoms with Crippen LogP contribution in [0.5, 0.6) is 0 Å². The lowest BCUT2D eigenvalue weighted by Crippen LogP contribution is -2.40. The first-order chi connectivity index (χ1) is 39.6. The van der Waals surface area contributed by atoms with E-state index in [0.29, 0.717) is 5.41 Å². The Balaban J connectivity index is 0.000000225. The van der Waals surface area contributed by atoms with Crippen molar-refractivity contribution in [2.24, 2.45) is 5.73 Å². The fourth-order valence-electron chi connectivity index (χ4n) is 9.68. The molecule has 0 saturated heterocycles. The molecule has 3 amide bonds. The molecule has 0 aliphatic heterocycles. The highest BCUT2D eigenvalue weighted by Gasteiger charge is 2.52. The highest BCUT2D eigenvalue weighted by molar-refractivity contribution is 9.11. The highest BCUT2D eigenvalue weighted by atomic mass is 79.9. The molecule has 3 N–H and O–H groups in total. The number of nitrogens with two attached hydrogens (primary N) is 1. The number of hydrogen-bond donors (Lipinski definition) is 2. The molecular formula is C68H87Br3N4O10. The second-order valence-electron chi connectivity index (χ2n) is 25.6. The van der Waals surface area contributed by atoms with Crippen LogP contribution in [0.3, 0.4) is 0 Å². The molecule has 0 spiro atoms. The van der Waals surface area contributed by atoms with Gasteiger partial charge in [0, 0.05) is 33.1 Å². The van der Waals surface area contributed by atoms with Crippen molar-refractivity contribution in [2.45, 2.75) is 198 Å². The van der Waals surface area contributed by atoms with E-state index in [-0.39, 0.29) is 52.7 Å². The van der Waals surface area contributed by atoms with Crippen LogP contribution in [-0.2, 0) is 61.0 Å². The Labute approximate surface area is 529 Å². The third kappa shape index (κ3) is 22.4. The van der Waals surface area contributed by atoms with E-state index in [0.717, 1.165) is 75.9 Å². The van der Waals surface area contributed by atoms with E-state index in [1.807, 2.05) is 131 Å². The van der Waals surface area contributed by atoms with E-state index in [9.17, 15) is 14.4 Å². The van der Waals surface area contributed by atoms with Crippen molar-refractivity contribution in [1.29, 1.82) is 0 Å². The van der Waals surface area contributed by atoms with Crippen LogP contribution in [0.15, 0.2) is 135 Å². The van der Waals surface area contributed by atoms with Crippen LogP contribution in [0.2, 0.25) is 0 Å². The molecule has 0 bridgehead atoms. The Hall–Kier alpha value is -5.93. The number of hydrogen-bond acceptors (Lipinski definition) is 11. The number of benzene rings is 5. The van der Waals surface area contributed by atoms with Crippen molar-refractivity contribution in [3.05, 3.63) is 174 Å². The molecule has 0 unspecified atom stereocenters. The van der Waals surface area contributed by atoms with E-state index in [2.05, 4.69) is 141 Å². The van der Waals surface area contributed by atoms with Gasteiger partial charge in [0.05, 0.1) is 16.6 Å². The number of nitrogens with zero attached hydrogens (tertiary/aromatic N) is 2. The summed E-state index contributed by atoms with van der Waals surface area (Å²) in [6.45, 7) is 23.5. The van der Waals surface area contributed by atoms with Crippen LogP contribution in [-0.4, -0.2) is 71.3 Å². The molecule has 5 aromatic rings. The summed E-state index contributed by atoms with van der Waals surface area (Å²) < 4.78 is 19.4. The molecule has 5 fully saturated rings. The first kappa shape index (κ1) is 71.6. The first-order valence-electron chi connectivity index (χ1n) is 28.8. The maximum Gasteiger partial charge on any atom is 0.410 e. The van der Waals surface area contributed by atoms with E-state index in [4.69, 9.17) is 39.1 Å². The van der Waals surface area contributed by atoms with Crippen LogP contribution in [0.1, 0.15) is 179 Å². The topological polar surface area (TPSA) is 192 Å². The lowest BCUT2D eigenvalue weighted by atomic mass is 9.92. The van der Waals surface area contributed by atoms with Gasteiger partial charge in [0.25, 0.3) is 0 Å². The summed E-state index contributed by atoms with van der Waals surface area (Å²) >= 11 is 10.4. The number of carbonyl (C=O) groups is 3. The molecule has 85 heavy (non-hydrogen) atoms. The number of halogens is 3. The maximum absolute atomic E-state index is 12.2. The van der Waals surface area contributed by atoms with Gasteiger partial charge in [-0.25, -0.2) is 14.4 Å². The van der Waals surface area contributed by atoms with E-state index in [1.165, 1.54) is 41.5 Å². The summed E-state index contributed by atoms with van der Waals surface area (Å²) in [6, 6.07) is 41.8. The van der Waals surface area contributed by atoms with Crippen LogP contribution in [0, 0.1) is 13.8 Å². The SMILES string of the molecule is CC(C)(C)OC(=O)NC1(c2cccc(Br)c2)CC1.CCC1(c2cccc(C)c2)CC1.CN(C(=O)OC(C)(C)C)C1(c2cccc(Br)c2)CC1.Cc1cccc(C2(N(C)C(=O)OC(C)(C)C)CC2)c1.NC1(c2cccc(Br)c2)CC1.O=C=O.O=C=O. The van der Waals surface area contributed by atoms with Crippen LogP contribution in [0.4, 0.5) is 14.4 Å². The summed E-state index contributed by atoms with van der Waals surface area (Å²) in [7, 11) is 3.66. The number of carbonyl (C=O) groups excluding carboxylic acids is 7. The minimum atomic E-state index is -0.461. The third-order valence-corrected chi connectivity index (χ3v) is 16.7. The number of rotatable bonds is 9. The molecule has 5 aliphatic rings. The number of amides is 3. The molecule has 460 valence electrons. The Morgan fingerprint density at radius 1 is 0.494 bits per heavy atom. The van der Waals surface area contributed by atoms with E-state index < -0.39 is 16.8 Å². The van der Waals surface area contributed by atoms with Crippen molar-refractivity contribution in [1.82, 2.24) is 15.1 Å². The van der Waals surface area contributed by atoms with Gasteiger partial charge >= 0.3 is 30.6 Å². The standard InChI is InChI=1S/C16H23NO2.C15H20BrNO2.C14H18BrNO2.C12H16.C9H10BrN.2CO2/c1-12-7-6-8-13(11-12)16(9-10-16)17(5)14(18)19-15(2,3)4;1-14(2,3)19-13(18)17(4)15(8-9-15)11-6-5-7-12(16)10-11;1-13(2,3)18-12(17)16-14(7-8-14)10-5-4-6-11(15)9-10;1-3-12(7-8-12)11-6-4-5-10(2)9-11;10-8-3-1-2-7(6-8)9(11)4-5-9;2*2-1-3/h6-8,11H,9-10H2,1-5H3;5-7,10H,8-9H2,1-4H3;4-6,9H,7-8H2,1-3H3,(H,16,17);4-6,9H,3,7-8H2,1-2H3;1-3,6H,4-5,11H2;;. The average Bonchev–Trinajstić information content (AvgIpc) is 1.85. The Kier molecular flexibility index (Phi) is 25.4. The Bertz CT molecular complexity index is 3010. The Morgan fingerprint density at radius 2 is 0.824 bits per heavy atom. The van der Waals surface area contributed by atoms with Crippen LogP contribution < -0.4 is 11.1 Å². The lowest BCUT2D eigenvalue weighted by molar-refractivity contribution is -0.193. The Morgan fingerprint density at radius 3 is 1.15 bits per heavy atom. The zero-order valence-electron chi connectivity index (χ0n) is 52.0. The summed E-state index contributed by atoms with van der Waals surface area (Å²) in [5, 5.41) is 2.99. The molecule has 5 aliphatic carbocycles. The second-order valence-corrected chi connectivity index (χ2v) is 28.3. The summed E-state index contributed by atoms with van der Waals surface area (Å²) in [5.41, 5.74) is 13.6. The monoisotopic (exact) mass is 1360 g/mol. The molecule has 5 saturated carbocycles. The van der Waals surface area contributed by atoms with Crippen molar-refractivity contribution in [3.8, 4) is 0 Å². The predicted molar refractivity (Wildman–Crippen MR) is 341 cm³/mol. The molecule has 10 rings (SSSR count). The number of aryl methyl sites for hydroxylation is 2. The normalized spacial score (nSPS) is 16.6. The molecule has 0 radical (unpaired) electrons. The van der Waals surface area contributed by atoms with E-state index in [1.54, 1.807) is 15.4 Å². The molecule has 5 aromatic carbocycles. The minimum Gasteiger partial charge on any atom is -0.444 e. The fourth-order valence-corrected chi connectivity index (χ4v) is 10.9. The summed E-state index contributed by atoms with van der Waals surface area (Å²) in [4.78, 5) is 72.2. The average molecular weight is 1360 g/mol. The van der Waals surface area contributed by atoms with Gasteiger partial charge in [0.15, 0.2) is 0 Å². The van der Waals surface area contributed by atoms with Gasteiger partial charge in [0.2, 0.25) is 0 Å². The fraction of sp³-hybridized carbons (Fsp3) is 0.485. The summed E-state index contributed by atoms with van der Waals surface area (Å²) in [6.07, 6.45) is 11.9. The van der Waals surface area contributed by atoms with Gasteiger partial charge in [-0.05, 0) is 216 Å².